The molecule has 9 rings (SSSR count). The molecule has 0 aliphatic carbocycles. The molecule has 3 heterocycles. The van der Waals surface area contributed by atoms with Crippen molar-refractivity contribution in [1.29, 1.82) is 0 Å². The summed E-state index contributed by atoms with van der Waals surface area (Å²) in [7, 11) is 0. The lowest BCUT2D eigenvalue weighted by molar-refractivity contribution is 1.23. The van der Waals surface area contributed by atoms with Gasteiger partial charge in [0.2, 0.25) is 0 Å². The van der Waals surface area contributed by atoms with Crippen LogP contribution in [0.3, 0.4) is 0 Å². The molecule has 0 radical (unpaired) electrons. The summed E-state index contributed by atoms with van der Waals surface area (Å²) in [5.41, 5.74) is 9.67. The predicted octanol–water partition coefficient (Wildman–Crippen LogP) is 10.5. The maximum atomic E-state index is 5.19. The van der Waals surface area contributed by atoms with Gasteiger partial charge in [-0.05, 0) is 29.0 Å². The first kappa shape index (κ1) is 26.2. The first-order valence-corrected chi connectivity index (χ1v) is 15.4. The number of nitrogens with zero attached hydrogens (tertiary/aromatic N) is 4. The van der Waals surface area contributed by atoms with E-state index in [0.29, 0.717) is 5.82 Å². The van der Waals surface area contributed by atoms with Crippen molar-refractivity contribution < 1.29 is 0 Å². The van der Waals surface area contributed by atoms with Crippen molar-refractivity contribution in [3.63, 3.8) is 0 Å². The van der Waals surface area contributed by atoms with E-state index in [1.54, 1.807) is 0 Å². The Hall–Kier alpha value is -6.26. The van der Waals surface area contributed by atoms with E-state index in [0.717, 1.165) is 72.0 Å². The topological polar surface area (TPSA) is 51.6 Å². The predicted molar refractivity (Wildman–Crippen MR) is 189 cm³/mol. The highest BCUT2D eigenvalue weighted by Gasteiger charge is 2.13. The lowest BCUT2D eigenvalue weighted by Gasteiger charge is -2.11. The minimum Gasteiger partial charge on any atom is -0.245 e. The zero-order chi connectivity index (χ0) is 30.5. The van der Waals surface area contributed by atoms with Crippen LogP contribution < -0.4 is 0 Å². The highest BCUT2D eigenvalue weighted by molar-refractivity contribution is 6.05. The Kier molecular flexibility index (Phi) is 6.10. The Balaban J connectivity index is 1.13. The molecule has 0 spiro atoms. The first-order chi connectivity index (χ1) is 22.8. The van der Waals surface area contributed by atoms with Gasteiger partial charge in [-0.25, -0.2) is 19.9 Å². The van der Waals surface area contributed by atoms with Gasteiger partial charge in [0.05, 0.1) is 33.6 Å². The van der Waals surface area contributed by atoms with Gasteiger partial charge in [0.25, 0.3) is 0 Å². The van der Waals surface area contributed by atoms with E-state index in [9.17, 15) is 0 Å². The Morgan fingerprint density at radius 3 is 1.74 bits per heavy atom. The van der Waals surface area contributed by atoms with Crippen LogP contribution in [0.25, 0.3) is 88.6 Å². The van der Waals surface area contributed by atoms with Crippen molar-refractivity contribution in [3.05, 3.63) is 158 Å². The molecule has 46 heavy (non-hydrogen) atoms. The number of aromatic nitrogens is 4. The molecule has 9 aromatic rings. The third-order valence-corrected chi connectivity index (χ3v) is 8.67. The summed E-state index contributed by atoms with van der Waals surface area (Å²) >= 11 is 0. The van der Waals surface area contributed by atoms with Gasteiger partial charge in [-0.1, -0.05) is 140 Å². The van der Waals surface area contributed by atoms with E-state index in [-0.39, 0.29) is 0 Å². The summed E-state index contributed by atoms with van der Waals surface area (Å²) in [5, 5.41) is 5.57. The van der Waals surface area contributed by atoms with Gasteiger partial charge >= 0.3 is 0 Å². The first-order valence-electron chi connectivity index (χ1n) is 15.4. The normalized spacial score (nSPS) is 11.5. The summed E-state index contributed by atoms with van der Waals surface area (Å²) in [5.74, 6) is 0.701. The van der Waals surface area contributed by atoms with Crippen LogP contribution in [-0.4, -0.2) is 19.9 Å². The standard InChI is InChI=1S/C42H26N4/c1-2-10-29(11-3-1)39-35-14-6-7-16-37(35)45-42(46-39)32-21-17-28(18-22-32)36-25-23-30-19-20-31-24-26-38(44-41(31)40(30)43-36)34-15-8-12-27-9-4-5-13-33(27)34/h1-26H. The molecule has 0 bridgehead atoms. The summed E-state index contributed by atoms with van der Waals surface area (Å²) in [6, 6.07) is 54.4. The van der Waals surface area contributed by atoms with Crippen LogP contribution in [0.5, 0.6) is 0 Å². The highest BCUT2D eigenvalue weighted by atomic mass is 14.9. The average molecular weight is 587 g/mol. The summed E-state index contributed by atoms with van der Waals surface area (Å²) in [4.78, 5) is 20.3. The molecule has 0 unspecified atom stereocenters. The maximum Gasteiger partial charge on any atom is 0.160 e. The van der Waals surface area contributed by atoms with Gasteiger partial charge in [-0.15, -0.1) is 0 Å². The minimum atomic E-state index is 0.701. The summed E-state index contributed by atoms with van der Waals surface area (Å²) in [6.45, 7) is 0. The van der Waals surface area contributed by atoms with Crippen molar-refractivity contribution in [2.24, 2.45) is 0 Å². The van der Waals surface area contributed by atoms with Crippen molar-refractivity contribution in [3.8, 4) is 45.2 Å². The Morgan fingerprint density at radius 1 is 0.326 bits per heavy atom. The Morgan fingerprint density at radius 2 is 0.935 bits per heavy atom. The lowest BCUT2D eigenvalue weighted by atomic mass is 10.0. The zero-order valence-corrected chi connectivity index (χ0v) is 24.8. The number of hydrogen-bond acceptors (Lipinski definition) is 4. The largest absolute Gasteiger partial charge is 0.245 e. The second-order valence-electron chi connectivity index (χ2n) is 11.5. The fraction of sp³-hybridized carbons (Fsp3) is 0. The van der Waals surface area contributed by atoms with Gasteiger partial charge in [-0.3, -0.25) is 0 Å². The molecule has 0 saturated heterocycles. The molecule has 4 nitrogen and oxygen atoms in total. The molecule has 0 saturated carbocycles. The van der Waals surface area contributed by atoms with Crippen molar-refractivity contribution in [2.75, 3.05) is 0 Å². The maximum absolute atomic E-state index is 5.19. The SMILES string of the molecule is c1ccc(-c2nc(-c3ccc(-c4ccc5ccc6ccc(-c7cccc8ccccc78)nc6c5n4)cc3)nc3ccccc23)cc1. The molecule has 0 aliphatic heterocycles. The molecule has 6 aromatic carbocycles. The third-order valence-electron chi connectivity index (χ3n) is 8.67. The Bertz CT molecular complexity index is 2570. The lowest BCUT2D eigenvalue weighted by Crippen LogP contribution is -1.95. The van der Waals surface area contributed by atoms with E-state index in [1.807, 2.05) is 36.4 Å². The molecule has 0 atom stereocenters. The van der Waals surface area contributed by atoms with Crippen LogP contribution in [0.1, 0.15) is 0 Å². The third kappa shape index (κ3) is 4.47. The average Bonchev–Trinajstić information content (AvgIpc) is 3.14. The molecule has 0 N–H and O–H groups in total. The van der Waals surface area contributed by atoms with Crippen LogP contribution >= 0.6 is 0 Å². The number of rotatable bonds is 4. The summed E-state index contributed by atoms with van der Waals surface area (Å²) in [6.07, 6.45) is 0. The fourth-order valence-corrected chi connectivity index (χ4v) is 6.34. The number of benzene rings is 6. The zero-order valence-electron chi connectivity index (χ0n) is 24.8. The Labute approximate surface area is 265 Å². The van der Waals surface area contributed by atoms with Crippen LogP contribution in [0.15, 0.2) is 158 Å². The number of fused-ring (bicyclic) bond motifs is 5. The molecule has 4 heteroatoms. The number of hydrogen-bond donors (Lipinski definition) is 0. The second kappa shape index (κ2) is 10.7. The van der Waals surface area contributed by atoms with Crippen molar-refractivity contribution in [1.82, 2.24) is 19.9 Å². The minimum absolute atomic E-state index is 0.701. The van der Waals surface area contributed by atoms with Gasteiger partial charge in [0, 0.05) is 38.4 Å². The van der Waals surface area contributed by atoms with Gasteiger partial charge < -0.3 is 0 Å². The van der Waals surface area contributed by atoms with E-state index in [4.69, 9.17) is 19.9 Å². The van der Waals surface area contributed by atoms with E-state index >= 15 is 0 Å². The number of para-hydroxylation sites is 1. The van der Waals surface area contributed by atoms with E-state index < -0.39 is 0 Å². The van der Waals surface area contributed by atoms with Gasteiger partial charge in [0.1, 0.15) is 0 Å². The van der Waals surface area contributed by atoms with Crippen molar-refractivity contribution >= 4 is 43.5 Å². The van der Waals surface area contributed by atoms with Crippen LogP contribution in [-0.2, 0) is 0 Å². The molecular formula is C42H26N4. The molecule has 3 aromatic heterocycles. The highest BCUT2D eigenvalue weighted by Crippen LogP contribution is 2.33. The smallest absolute Gasteiger partial charge is 0.160 e. The molecular weight excluding hydrogens is 560 g/mol. The van der Waals surface area contributed by atoms with Gasteiger partial charge in [-0.2, -0.15) is 0 Å². The molecule has 214 valence electrons. The molecule has 0 fully saturated rings. The van der Waals surface area contributed by atoms with Crippen LogP contribution in [0, 0.1) is 0 Å². The van der Waals surface area contributed by atoms with Gasteiger partial charge in [0.15, 0.2) is 5.82 Å². The fourth-order valence-electron chi connectivity index (χ4n) is 6.34. The van der Waals surface area contributed by atoms with Crippen molar-refractivity contribution in [2.45, 2.75) is 0 Å². The van der Waals surface area contributed by atoms with Crippen LogP contribution in [0.4, 0.5) is 0 Å². The van der Waals surface area contributed by atoms with E-state index in [2.05, 4.69) is 121 Å². The van der Waals surface area contributed by atoms with Crippen LogP contribution in [0.2, 0.25) is 0 Å². The second-order valence-corrected chi connectivity index (χ2v) is 11.5. The quantitative estimate of drug-likeness (QED) is 0.193. The number of pyridine rings is 2. The summed E-state index contributed by atoms with van der Waals surface area (Å²) < 4.78 is 0. The van der Waals surface area contributed by atoms with E-state index in [1.165, 1.54) is 10.8 Å². The molecule has 0 amide bonds. The molecule has 0 aliphatic rings. The monoisotopic (exact) mass is 586 g/mol.